The summed E-state index contributed by atoms with van der Waals surface area (Å²) < 4.78 is 5.71. The van der Waals surface area contributed by atoms with E-state index in [1.54, 1.807) is 66.7 Å². The first kappa shape index (κ1) is 21.7. The quantitative estimate of drug-likeness (QED) is 0.498. The Morgan fingerprint density at radius 2 is 1.62 bits per heavy atom. The van der Waals surface area contributed by atoms with Crippen LogP contribution in [0.25, 0.3) is 6.08 Å². The Bertz CT molecular complexity index is 1200. The smallest absolute Gasteiger partial charge is 0.298 e. The van der Waals surface area contributed by atoms with Crippen molar-refractivity contribution in [3.05, 3.63) is 99.4 Å². The van der Waals surface area contributed by atoms with Crippen LogP contribution in [-0.2, 0) is 11.4 Å². The van der Waals surface area contributed by atoms with Crippen LogP contribution < -0.4 is 14.7 Å². The number of hydrogen-bond acceptors (Lipinski definition) is 6. The van der Waals surface area contributed by atoms with Gasteiger partial charge in [-0.25, -0.2) is 4.90 Å². The second-order valence-corrected chi connectivity index (χ2v) is 8.27. The summed E-state index contributed by atoms with van der Waals surface area (Å²) >= 11 is 6.75. The van der Waals surface area contributed by atoms with Crippen LogP contribution in [0, 0.1) is 0 Å². The average Bonchev–Trinajstić information content (AvgIpc) is 3.07. The Labute approximate surface area is 193 Å². The van der Waals surface area contributed by atoms with Gasteiger partial charge >= 0.3 is 0 Å². The number of anilines is 1. The highest BCUT2D eigenvalue weighted by Gasteiger charge is 2.36. The van der Waals surface area contributed by atoms with Crippen LogP contribution in [0.4, 0.5) is 10.5 Å². The topological polar surface area (TPSA) is 86.7 Å². The van der Waals surface area contributed by atoms with Gasteiger partial charge < -0.3 is 14.6 Å². The molecule has 4 rings (SSSR count). The zero-order chi connectivity index (χ0) is 22.7. The first-order valence-electron chi connectivity index (χ1n) is 9.47. The number of benzene rings is 3. The lowest BCUT2D eigenvalue weighted by Crippen LogP contribution is -2.27. The molecule has 2 amide bonds. The summed E-state index contributed by atoms with van der Waals surface area (Å²) in [6.45, 7) is 0.270. The number of amides is 2. The van der Waals surface area contributed by atoms with Crippen LogP contribution in [0.3, 0.4) is 0 Å². The number of aromatic carboxylic acids is 1. The van der Waals surface area contributed by atoms with E-state index in [0.717, 1.165) is 27.8 Å². The van der Waals surface area contributed by atoms with Crippen molar-refractivity contribution in [1.29, 1.82) is 0 Å². The van der Waals surface area contributed by atoms with Crippen molar-refractivity contribution in [2.75, 3.05) is 4.90 Å². The first-order valence-corrected chi connectivity index (χ1v) is 10.7. The van der Waals surface area contributed by atoms with E-state index in [2.05, 4.69) is 0 Å². The minimum atomic E-state index is -1.22. The van der Waals surface area contributed by atoms with Gasteiger partial charge in [-0.15, -0.1) is 0 Å². The molecule has 0 N–H and O–H groups in total. The molecule has 0 aromatic heterocycles. The van der Waals surface area contributed by atoms with Crippen LogP contribution in [0.5, 0.6) is 5.75 Å². The van der Waals surface area contributed by atoms with Gasteiger partial charge in [0.2, 0.25) is 0 Å². The molecule has 8 heteroatoms. The molecule has 0 unspecified atom stereocenters. The summed E-state index contributed by atoms with van der Waals surface area (Å²) in [6, 6.07) is 19.8. The zero-order valence-corrected chi connectivity index (χ0v) is 18.1. The molecule has 3 aromatic rings. The van der Waals surface area contributed by atoms with Gasteiger partial charge in [0.15, 0.2) is 0 Å². The molecule has 1 heterocycles. The Kier molecular flexibility index (Phi) is 6.30. The van der Waals surface area contributed by atoms with E-state index < -0.39 is 5.97 Å². The molecular weight excluding hydrogens is 450 g/mol. The highest BCUT2D eigenvalue weighted by molar-refractivity contribution is 8.19. The average molecular weight is 465 g/mol. The molecular formula is C24H15ClNO5S-. The van der Waals surface area contributed by atoms with Gasteiger partial charge in [-0.3, -0.25) is 9.59 Å². The van der Waals surface area contributed by atoms with Crippen molar-refractivity contribution >= 4 is 52.2 Å². The lowest BCUT2D eigenvalue weighted by atomic mass is 10.1. The maximum Gasteiger partial charge on any atom is 0.298 e. The maximum absolute atomic E-state index is 12.7. The van der Waals surface area contributed by atoms with E-state index >= 15 is 0 Å². The van der Waals surface area contributed by atoms with Gasteiger partial charge in [0, 0.05) is 5.02 Å². The Morgan fingerprint density at radius 1 is 0.969 bits per heavy atom. The number of rotatable bonds is 6. The summed E-state index contributed by atoms with van der Waals surface area (Å²) in [5, 5.41) is 10.9. The third kappa shape index (κ3) is 4.85. The number of halogens is 1. The number of nitrogens with zero attached hydrogens (tertiary/aromatic N) is 1. The number of carbonyl (C=O) groups is 3. The molecule has 0 spiro atoms. The Hall–Kier alpha value is -3.55. The van der Waals surface area contributed by atoms with Crippen molar-refractivity contribution in [3.63, 3.8) is 0 Å². The molecule has 0 atom stereocenters. The number of hydrogen-bond donors (Lipinski definition) is 0. The highest BCUT2D eigenvalue weighted by atomic mass is 35.5. The van der Waals surface area contributed by atoms with Gasteiger partial charge in [-0.1, -0.05) is 48.0 Å². The predicted molar refractivity (Wildman–Crippen MR) is 121 cm³/mol. The first-order chi connectivity index (χ1) is 15.4. The fourth-order valence-electron chi connectivity index (χ4n) is 3.00. The van der Waals surface area contributed by atoms with E-state index in [-0.39, 0.29) is 23.3 Å². The number of carboxylic acids is 1. The van der Waals surface area contributed by atoms with Crippen molar-refractivity contribution in [1.82, 2.24) is 0 Å². The summed E-state index contributed by atoms with van der Waals surface area (Å²) in [5.41, 5.74) is 2.14. The number of carbonyl (C=O) groups excluding carboxylic acids is 3. The van der Waals surface area contributed by atoms with E-state index in [0.29, 0.717) is 21.4 Å². The number of imide groups is 1. The molecule has 6 nitrogen and oxygen atoms in total. The summed E-state index contributed by atoms with van der Waals surface area (Å²) in [6.07, 6.45) is 1.66. The lowest BCUT2D eigenvalue weighted by Gasteiger charge is -2.12. The van der Waals surface area contributed by atoms with Crippen molar-refractivity contribution < 1.29 is 24.2 Å². The van der Waals surface area contributed by atoms with Crippen LogP contribution in [0.2, 0.25) is 5.02 Å². The fourth-order valence-corrected chi connectivity index (χ4v) is 3.96. The number of ether oxygens (including phenoxy) is 1. The van der Waals surface area contributed by atoms with E-state index in [9.17, 15) is 19.5 Å². The summed E-state index contributed by atoms with van der Waals surface area (Å²) in [7, 11) is 0. The molecule has 0 aliphatic carbocycles. The molecule has 1 aliphatic heterocycles. The second-order valence-electron chi connectivity index (χ2n) is 6.84. The van der Waals surface area contributed by atoms with Crippen LogP contribution in [0.1, 0.15) is 21.5 Å². The number of carboxylic acid groups (broad SMARTS) is 1. The molecule has 1 saturated heterocycles. The van der Waals surface area contributed by atoms with Crippen LogP contribution >= 0.6 is 23.4 Å². The second kappa shape index (κ2) is 9.30. The minimum Gasteiger partial charge on any atom is -0.545 e. The predicted octanol–water partition coefficient (Wildman–Crippen LogP) is 4.52. The fraction of sp³-hybridized carbons (Fsp3) is 0.0417. The zero-order valence-electron chi connectivity index (χ0n) is 16.5. The molecule has 0 bridgehead atoms. The molecule has 32 heavy (non-hydrogen) atoms. The molecule has 160 valence electrons. The molecule has 1 aliphatic rings. The van der Waals surface area contributed by atoms with Crippen molar-refractivity contribution in [3.8, 4) is 5.75 Å². The normalized spacial score (nSPS) is 14.8. The molecule has 1 fully saturated rings. The van der Waals surface area contributed by atoms with Gasteiger partial charge in [-0.2, -0.15) is 0 Å². The third-order valence-electron chi connectivity index (χ3n) is 4.65. The Balaban J connectivity index is 1.41. The molecule has 3 aromatic carbocycles. The monoisotopic (exact) mass is 464 g/mol. The van der Waals surface area contributed by atoms with Crippen LogP contribution in [0.15, 0.2) is 77.7 Å². The van der Waals surface area contributed by atoms with E-state index in [4.69, 9.17) is 16.3 Å². The van der Waals surface area contributed by atoms with Crippen LogP contribution in [-0.4, -0.2) is 17.1 Å². The van der Waals surface area contributed by atoms with E-state index in [1.165, 1.54) is 12.1 Å². The van der Waals surface area contributed by atoms with Gasteiger partial charge in [0.1, 0.15) is 12.4 Å². The molecule has 0 radical (unpaired) electrons. The minimum absolute atomic E-state index is 0.110. The van der Waals surface area contributed by atoms with Gasteiger partial charge in [-0.05, 0) is 70.9 Å². The summed E-state index contributed by atoms with van der Waals surface area (Å²) in [4.78, 5) is 37.3. The largest absolute Gasteiger partial charge is 0.545 e. The Morgan fingerprint density at radius 3 is 2.25 bits per heavy atom. The number of thioether (sulfide) groups is 1. The van der Waals surface area contributed by atoms with Gasteiger partial charge in [0.05, 0.1) is 16.6 Å². The standard InChI is InChI=1S/C24H16ClNO5S/c25-18-7-9-19(10-8-18)26-22(27)21(32-24(26)30)13-15-3-11-20(12-4-15)31-14-16-1-5-17(6-2-16)23(28)29/h1-13H,14H2,(H,28,29)/p-1/b21-13-. The highest BCUT2D eigenvalue weighted by Crippen LogP contribution is 2.36. The van der Waals surface area contributed by atoms with Crippen molar-refractivity contribution in [2.45, 2.75) is 6.61 Å². The SMILES string of the molecule is O=C([O-])c1ccc(COc2ccc(/C=C3\SC(=O)N(c4ccc(Cl)cc4)C3=O)cc2)cc1. The summed E-state index contributed by atoms with van der Waals surface area (Å²) in [5.74, 6) is -0.998. The lowest BCUT2D eigenvalue weighted by molar-refractivity contribution is -0.255. The third-order valence-corrected chi connectivity index (χ3v) is 5.77. The van der Waals surface area contributed by atoms with Crippen molar-refractivity contribution in [2.24, 2.45) is 0 Å². The van der Waals surface area contributed by atoms with E-state index in [1.807, 2.05) is 0 Å². The van der Waals surface area contributed by atoms with Gasteiger partial charge in [0.25, 0.3) is 11.1 Å². The molecule has 0 saturated carbocycles. The maximum atomic E-state index is 12.7.